The van der Waals surface area contributed by atoms with Gasteiger partial charge >= 0.3 is 0 Å². The predicted molar refractivity (Wildman–Crippen MR) is 125 cm³/mol. The topological polar surface area (TPSA) is 69.7 Å². The Kier molecular flexibility index (Phi) is 8.29. The number of para-hydroxylation sites is 1. The highest BCUT2D eigenvalue weighted by atomic mass is 32.2. The average Bonchev–Trinajstić information content (AvgIpc) is 2.71. The van der Waals surface area contributed by atoms with Crippen LogP contribution in [0.15, 0.2) is 48.5 Å². The third-order valence-electron chi connectivity index (χ3n) is 5.07. The van der Waals surface area contributed by atoms with Crippen molar-refractivity contribution in [2.75, 3.05) is 35.1 Å². The maximum Gasteiger partial charge on any atom is 0.241 e. The number of hydrogen-bond acceptors (Lipinski definition) is 4. The molecular formula is C23H33N3O3S. The van der Waals surface area contributed by atoms with Gasteiger partial charge < -0.3 is 10.2 Å². The van der Waals surface area contributed by atoms with Crippen LogP contribution in [0.3, 0.4) is 0 Å². The van der Waals surface area contributed by atoms with Crippen LogP contribution in [0.5, 0.6) is 0 Å². The molecule has 0 saturated carbocycles. The number of hydrogen-bond donors (Lipinski definition) is 1. The number of amides is 1. The summed E-state index contributed by atoms with van der Waals surface area (Å²) in [6.07, 6.45) is 1.13. The molecule has 0 aliphatic rings. The fourth-order valence-corrected chi connectivity index (χ4v) is 4.26. The van der Waals surface area contributed by atoms with Gasteiger partial charge in [0.25, 0.3) is 0 Å². The number of carbonyl (C=O) groups is 1. The lowest BCUT2D eigenvalue weighted by Crippen LogP contribution is -2.40. The summed E-state index contributed by atoms with van der Waals surface area (Å²) in [4.78, 5) is 14.8. The zero-order valence-corrected chi connectivity index (χ0v) is 19.4. The van der Waals surface area contributed by atoms with Crippen molar-refractivity contribution in [1.29, 1.82) is 0 Å². The lowest BCUT2D eigenvalue weighted by molar-refractivity contribution is -0.119. The molecule has 1 amide bonds. The molecule has 0 saturated heterocycles. The molecule has 0 radical (unpaired) electrons. The van der Waals surface area contributed by atoms with Crippen molar-refractivity contribution in [2.24, 2.45) is 0 Å². The maximum atomic E-state index is 12.6. The molecular weight excluding hydrogens is 398 g/mol. The fraction of sp³-hybridized carbons (Fsp3) is 0.435. The molecule has 164 valence electrons. The van der Waals surface area contributed by atoms with Gasteiger partial charge in [-0.15, -0.1) is 0 Å². The van der Waals surface area contributed by atoms with E-state index < -0.39 is 10.0 Å². The van der Waals surface area contributed by atoms with E-state index in [0.717, 1.165) is 36.2 Å². The maximum absolute atomic E-state index is 12.6. The third-order valence-corrected chi connectivity index (χ3v) is 6.20. The van der Waals surface area contributed by atoms with E-state index in [1.807, 2.05) is 50.2 Å². The Labute approximate surface area is 180 Å². The Morgan fingerprint density at radius 2 is 1.60 bits per heavy atom. The zero-order chi connectivity index (χ0) is 22.3. The number of rotatable bonds is 10. The van der Waals surface area contributed by atoms with Gasteiger partial charge in [0.05, 0.1) is 11.9 Å². The quantitative estimate of drug-likeness (QED) is 0.622. The summed E-state index contributed by atoms with van der Waals surface area (Å²) in [5, 5.41) is 2.84. The van der Waals surface area contributed by atoms with Gasteiger partial charge in [0, 0.05) is 25.3 Å². The van der Waals surface area contributed by atoms with E-state index in [4.69, 9.17) is 0 Å². The number of nitrogens with one attached hydrogen (secondary N) is 1. The van der Waals surface area contributed by atoms with Crippen LogP contribution < -0.4 is 14.5 Å². The van der Waals surface area contributed by atoms with Crippen molar-refractivity contribution in [3.05, 3.63) is 59.7 Å². The monoisotopic (exact) mass is 431 g/mol. The van der Waals surface area contributed by atoms with E-state index in [-0.39, 0.29) is 18.4 Å². The Balaban J connectivity index is 2.09. The van der Waals surface area contributed by atoms with E-state index >= 15 is 0 Å². The smallest absolute Gasteiger partial charge is 0.241 e. The second-order valence-electron chi connectivity index (χ2n) is 7.60. The summed E-state index contributed by atoms with van der Waals surface area (Å²) in [6, 6.07) is 15.3. The number of carbonyl (C=O) groups excluding carboxylic acids is 1. The molecule has 0 aliphatic heterocycles. The number of benzene rings is 2. The van der Waals surface area contributed by atoms with Gasteiger partial charge in [-0.2, -0.15) is 0 Å². The minimum atomic E-state index is -3.61. The highest BCUT2D eigenvalue weighted by Gasteiger charge is 2.23. The Hall–Kier alpha value is -2.54. The van der Waals surface area contributed by atoms with Crippen LogP contribution in [0.1, 0.15) is 44.7 Å². The van der Waals surface area contributed by atoms with Gasteiger partial charge in [-0.05, 0) is 49.1 Å². The van der Waals surface area contributed by atoms with Crippen LogP contribution in [0.2, 0.25) is 0 Å². The summed E-state index contributed by atoms with van der Waals surface area (Å²) in [5.41, 5.74) is 3.55. The van der Waals surface area contributed by atoms with Crippen molar-refractivity contribution in [2.45, 2.75) is 40.2 Å². The van der Waals surface area contributed by atoms with Gasteiger partial charge in [0.15, 0.2) is 0 Å². The van der Waals surface area contributed by atoms with Gasteiger partial charge in [0.2, 0.25) is 15.9 Å². The normalized spacial score (nSPS) is 11.4. The molecule has 2 aromatic carbocycles. The van der Waals surface area contributed by atoms with E-state index in [1.54, 1.807) is 12.1 Å². The van der Waals surface area contributed by atoms with Crippen LogP contribution >= 0.6 is 0 Å². The van der Waals surface area contributed by atoms with Crippen molar-refractivity contribution in [1.82, 2.24) is 5.32 Å². The van der Waals surface area contributed by atoms with Crippen molar-refractivity contribution in [3.8, 4) is 0 Å². The molecule has 7 heteroatoms. The standard InChI is InChI=1S/C23H33N3O3S/c1-6-25(7-2)20-14-12-19(13-15-20)16-24-23(27)17-26(30(5,28)29)22-11-9-8-10-21(22)18(3)4/h8-15,18H,6-7,16-17H2,1-5H3,(H,24,27). The fourth-order valence-electron chi connectivity index (χ4n) is 3.38. The minimum absolute atomic E-state index is 0.137. The van der Waals surface area contributed by atoms with Crippen molar-refractivity contribution in [3.63, 3.8) is 0 Å². The van der Waals surface area contributed by atoms with Crippen LogP contribution in [-0.2, 0) is 21.4 Å². The number of sulfonamides is 1. The van der Waals surface area contributed by atoms with E-state index in [9.17, 15) is 13.2 Å². The van der Waals surface area contributed by atoms with Gasteiger partial charge in [-0.25, -0.2) is 8.42 Å². The lowest BCUT2D eigenvalue weighted by atomic mass is 10.0. The molecule has 6 nitrogen and oxygen atoms in total. The van der Waals surface area contributed by atoms with Crippen molar-refractivity contribution >= 4 is 27.3 Å². The molecule has 0 heterocycles. The molecule has 0 aromatic heterocycles. The van der Waals surface area contributed by atoms with Crippen molar-refractivity contribution < 1.29 is 13.2 Å². The van der Waals surface area contributed by atoms with E-state index in [1.165, 1.54) is 4.31 Å². The van der Waals surface area contributed by atoms with Gasteiger partial charge in [0.1, 0.15) is 6.54 Å². The lowest BCUT2D eigenvalue weighted by Gasteiger charge is -2.25. The minimum Gasteiger partial charge on any atom is -0.372 e. The summed E-state index contributed by atoms with van der Waals surface area (Å²) >= 11 is 0. The molecule has 2 aromatic rings. The van der Waals surface area contributed by atoms with E-state index in [0.29, 0.717) is 12.2 Å². The Morgan fingerprint density at radius 1 is 1.00 bits per heavy atom. The van der Waals surface area contributed by atoms with Gasteiger partial charge in [-0.1, -0.05) is 44.2 Å². The largest absolute Gasteiger partial charge is 0.372 e. The molecule has 0 aliphatic carbocycles. The molecule has 0 atom stereocenters. The summed E-state index contributed by atoms with van der Waals surface area (Å²) < 4.78 is 26.0. The third kappa shape index (κ3) is 6.23. The summed E-state index contributed by atoms with van der Waals surface area (Å²) in [5.74, 6) is -0.204. The highest BCUT2D eigenvalue weighted by Crippen LogP contribution is 2.28. The molecule has 30 heavy (non-hydrogen) atoms. The first kappa shape index (κ1) is 23.7. The molecule has 0 bridgehead atoms. The molecule has 1 N–H and O–H groups in total. The molecule has 2 rings (SSSR count). The van der Waals surface area contributed by atoms with Crippen LogP contribution in [0.4, 0.5) is 11.4 Å². The second kappa shape index (κ2) is 10.5. The van der Waals surface area contributed by atoms with Gasteiger partial charge in [-0.3, -0.25) is 9.10 Å². The van der Waals surface area contributed by atoms with E-state index in [2.05, 4.69) is 24.1 Å². The highest BCUT2D eigenvalue weighted by molar-refractivity contribution is 7.92. The predicted octanol–water partition coefficient (Wildman–Crippen LogP) is 3.74. The average molecular weight is 432 g/mol. The number of anilines is 2. The summed E-state index contributed by atoms with van der Waals surface area (Å²) in [7, 11) is -3.61. The summed E-state index contributed by atoms with van der Waals surface area (Å²) in [6.45, 7) is 10.2. The SMILES string of the molecule is CCN(CC)c1ccc(CNC(=O)CN(c2ccccc2C(C)C)S(C)(=O)=O)cc1. The first-order valence-corrected chi connectivity index (χ1v) is 12.2. The molecule has 0 fully saturated rings. The first-order chi connectivity index (χ1) is 14.2. The second-order valence-corrected chi connectivity index (χ2v) is 9.51. The Bertz CT molecular complexity index is 936. The first-order valence-electron chi connectivity index (χ1n) is 10.3. The molecule has 0 unspecified atom stereocenters. The van der Waals surface area contributed by atoms with Crippen LogP contribution in [-0.4, -0.2) is 40.2 Å². The number of nitrogens with zero attached hydrogens (tertiary/aromatic N) is 2. The molecule has 0 spiro atoms. The zero-order valence-electron chi connectivity index (χ0n) is 18.6. The Morgan fingerprint density at radius 3 is 2.13 bits per heavy atom. The van der Waals surface area contributed by atoms with Crippen LogP contribution in [0.25, 0.3) is 0 Å². The van der Waals surface area contributed by atoms with Crippen LogP contribution in [0, 0.1) is 0 Å².